The second-order valence-corrected chi connectivity index (χ2v) is 3.99. The first-order valence-electron chi connectivity index (χ1n) is 5.70. The van der Waals surface area contributed by atoms with E-state index in [0.717, 1.165) is 18.8 Å². The van der Waals surface area contributed by atoms with Crippen LogP contribution in [0.1, 0.15) is 60.8 Å². The Morgan fingerprint density at radius 2 is 1.71 bits per heavy atom. The van der Waals surface area contributed by atoms with Crippen LogP contribution in [-0.4, -0.2) is 0 Å². The van der Waals surface area contributed by atoms with Crippen LogP contribution in [0.4, 0.5) is 0 Å². The lowest BCUT2D eigenvalue weighted by molar-refractivity contribution is 0.737. The molecule has 0 N–H and O–H groups in total. The molecule has 0 radical (unpaired) electrons. The van der Waals surface area contributed by atoms with Gasteiger partial charge in [-0.05, 0) is 31.3 Å². The Morgan fingerprint density at radius 3 is 2.00 bits per heavy atom. The maximum atomic E-state index is 3.10. The fourth-order valence-corrected chi connectivity index (χ4v) is 0.892. The summed E-state index contributed by atoms with van der Waals surface area (Å²) in [7, 11) is 0. The minimum Gasteiger partial charge on any atom is -0.102 e. The van der Waals surface area contributed by atoms with E-state index in [1.54, 1.807) is 0 Å². The van der Waals surface area contributed by atoms with Gasteiger partial charge in [-0.3, -0.25) is 0 Å². The molecule has 0 bridgehead atoms. The molecule has 0 aliphatic rings. The zero-order valence-corrected chi connectivity index (χ0v) is 10.8. The normalized spacial score (nSPS) is 10.1. The van der Waals surface area contributed by atoms with Gasteiger partial charge in [0.15, 0.2) is 0 Å². The molecule has 0 aliphatic heterocycles. The fraction of sp³-hybridized carbons (Fsp3) is 0.714. The molecule has 0 aromatic rings. The number of rotatable bonds is 3. The number of allylic oxidation sites excluding steroid dienone is 2. The summed E-state index contributed by atoms with van der Waals surface area (Å²) in [6.45, 7) is 12.7. The smallest absolute Gasteiger partial charge is 0.00199 e. The van der Waals surface area contributed by atoms with Crippen LogP contribution in [0.25, 0.3) is 0 Å². The van der Waals surface area contributed by atoms with Crippen LogP contribution >= 0.6 is 0 Å². The first kappa shape index (κ1) is 15.8. The van der Waals surface area contributed by atoms with Gasteiger partial charge < -0.3 is 0 Å². The van der Waals surface area contributed by atoms with Gasteiger partial charge in [0.1, 0.15) is 0 Å². The van der Waals surface area contributed by atoms with Crippen molar-refractivity contribution in [1.29, 1.82) is 0 Å². The Morgan fingerprint density at radius 1 is 1.21 bits per heavy atom. The van der Waals surface area contributed by atoms with Gasteiger partial charge in [0.05, 0.1) is 0 Å². The molecule has 0 aromatic carbocycles. The molecule has 0 spiro atoms. The van der Waals surface area contributed by atoms with Crippen molar-refractivity contribution in [3.05, 3.63) is 11.6 Å². The summed E-state index contributed by atoms with van der Waals surface area (Å²) in [6.07, 6.45) is 5.64. The molecule has 0 heteroatoms. The zero-order valence-electron chi connectivity index (χ0n) is 10.8. The molecule has 0 atom stereocenters. The number of hydrogen-bond acceptors (Lipinski definition) is 0. The molecule has 0 amide bonds. The van der Waals surface area contributed by atoms with Crippen molar-refractivity contribution in [2.24, 2.45) is 5.92 Å². The maximum Gasteiger partial charge on any atom is -0.00199 e. The fourth-order valence-electron chi connectivity index (χ4n) is 0.892. The van der Waals surface area contributed by atoms with E-state index in [4.69, 9.17) is 0 Å². The maximum absolute atomic E-state index is 3.10. The van der Waals surface area contributed by atoms with Gasteiger partial charge in [-0.15, -0.1) is 5.92 Å². The lowest BCUT2D eigenvalue weighted by Crippen LogP contribution is -1.77. The van der Waals surface area contributed by atoms with Crippen LogP contribution in [0.2, 0.25) is 0 Å². The van der Waals surface area contributed by atoms with Crippen molar-refractivity contribution in [3.63, 3.8) is 0 Å². The second-order valence-electron chi connectivity index (χ2n) is 3.99. The van der Waals surface area contributed by atoms with Crippen molar-refractivity contribution in [2.45, 2.75) is 60.8 Å². The molecule has 0 aromatic heterocycles. The lowest BCUT2D eigenvalue weighted by Gasteiger charge is -1.93. The minimum absolute atomic E-state index is 0.833. The Hall–Kier alpha value is -0.700. The Bertz CT molecular complexity index is 183. The first-order chi connectivity index (χ1) is 6.58. The molecular formula is C14H26. The van der Waals surface area contributed by atoms with Crippen molar-refractivity contribution in [2.75, 3.05) is 0 Å². The average Bonchev–Trinajstić information content (AvgIpc) is 2.04. The van der Waals surface area contributed by atoms with Gasteiger partial charge in [-0.1, -0.05) is 53.0 Å². The van der Waals surface area contributed by atoms with Gasteiger partial charge in [-0.2, -0.15) is 0 Å². The van der Waals surface area contributed by atoms with E-state index >= 15 is 0 Å². The van der Waals surface area contributed by atoms with Gasteiger partial charge in [-0.25, -0.2) is 0 Å². The number of hydrogen-bond donors (Lipinski definition) is 0. The quantitative estimate of drug-likeness (QED) is 0.566. The average molecular weight is 194 g/mol. The molecule has 0 saturated carbocycles. The van der Waals surface area contributed by atoms with Gasteiger partial charge in [0.2, 0.25) is 0 Å². The largest absolute Gasteiger partial charge is 0.102 e. The summed E-state index contributed by atoms with van der Waals surface area (Å²) in [6, 6.07) is 0. The van der Waals surface area contributed by atoms with Gasteiger partial charge in [0, 0.05) is 0 Å². The van der Waals surface area contributed by atoms with Crippen LogP contribution in [0.5, 0.6) is 0 Å². The molecule has 14 heavy (non-hydrogen) atoms. The molecule has 0 fully saturated rings. The van der Waals surface area contributed by atoms with E-state index in [-0.39, 0.29) is 0 Å². The molecule has 0 aliphatic carbocycles. The molecule has 0 nitrogen and oxygen atoms in total. The van der Waals surface area contributed by atoms with Crippen LogP contribution in [0.3, 0.4) is 0 Å². The summed E-state index contributed by atoms with van der Waals surface area (Å²) in [5, 5.41) is 0. The lowest BCUT2D eigenvalue weighted by atomic mass is 10.1. The van der Waals surface area contributed by atoms with Crippen molar-refractivity contribution in [3.8, 4) is 11.8 Å². The van der Waals surface area contributed by atoms with Crippen molar-refractivity contribution < 1.29 is 0 Å². The highest BCUT2D eigenvalue weighted by Crippen LogP contribution is 2.03. The molecule has 0 saturated heterocycles. The van der Waals surface area contributed by atoms with Crippen molar-refractivity contribution in [1.82, 2.24) is 0 Å². The highest BCUT2D eigenvalue weighted by Gasteiger charge is 1.87. The van der Waals surface area contributed by atoms with E-state index in [2.05, 4.69) is 52.5 Å². The molecule has 0 rings (SSSR count). The molecule has 0 heterocycles. The third-order valence-corrected chi connectivity index (χ3v) is 1.26. The highest BCUT2D eigenvalue weighted by atomic mass is 13.9. The van der Waals surface area contributed by atoms with Crippen LogP contribution in [0.15, 0.2) is 11.6 Å². The molecule has 0 unspecified atom stereocenters. The van der Waals surface area contributed by atoms with E-state index in [1.807, 2.05) is 6.92 Å². The van der Waals surface area contributed by atoms with Crippen LogP contribution < -0.4 is 0 Å². The monoisotopic (exact) mass is 194 g/mol. The van der Waals surface area contributed by atoms with E-state index in [0.29, 0.717) is 0 Å². The summed E-state index contributed by atoms with van der Waals surface area (Å²) in [5.41, 5.74) is 1.30. The topological polar surface area (TPSA) is 0 Å². The van der Waals surface area contributed by atoms with Crippen LogP contribution in [0, 0.1) is 17.8 Å². The third-order valence-electron chi connectivity index (χ3n) is 1.26. The summed E-state index contributed by atoms with van der Waals surface area (Å²) < 4.78 is 0. The van der Waals surface area contributed by atoms with Gasteiger partial charge in [0.25, 0.3) is 0 Å². The molecule has 82 valence electrons. The zero-order chi connectivity index (χ0) is 11.4. The highest BCUT2D eigenvalue weighted by molar-refractivity contribution is 5.27. The van der Waals surface area contributed by atoms with E-state index in [9.17, 15) is 0 Å². The first-order valence-corrected chi connectivity index (χ1v) is 5.70. The summed E-state index contributed by atoms with van der Waals surface area (Å²) >= 11 is 0. The Kier molecular flexibility index (Phi) is 13.8. The standard InChI is InChI=1S/C10H16.C4H10/c1-4-7-10(8-5-2)9-6-3;1-4(2)3/h7H,4-5,8H2,1-3H3;4H,1-3H3/b10-7-;. The third kappa shape index (κ3) is 17.4. The Balaban J connectivity index is 0. The van der Waals surface area contributed by atoms with Crippen LogP contribution in [-0.2, 0) is 0 Å². The van der Waals surface area contributed by atoms with E-state index < -0.39 is 0 Å². The molecular weight excluding hydrogens is 168 g/mol. The van der Waals surface area contributed by atoms with Crippen molar-refractivity contribution >= 4 is 0 Å². The SMILES string of the molecule is CC#C/C(=C\CC)CCC.CC(C)C. The predicted molar refractivity (Wildman–Crippen MR) is 67.2 cm³/mol. The van der Waals surface area contributed by atoms with E-state index in [1.165, 1.54) is 12.0 Å². The predicted octanol–water partition coefficient (Wildman–Crippen LogP) is 4.81. The minimum atomic E-state index is 0.833. The van der Waals surface area contributed by atoms with Gasteiger partial charge >= 0.3 is 0 Å². The second kappa shape index (κ2) is 12.3. The summed E-state index contributed by atoms with van der Waals surface area (Å²) in [4.78, 5) is 0. The Labute approximate surface area is 90.8 Å². The summed E-state index contributed by atoms with van der Waals surface area (Å²) in [5.74, 6) is 6.85.